The maximum absolute atomic E-state index is 11.4. The minimum atomic E-state index is -0.464. The van der Waals surface area contributed by atoms with Gasteiger partial charge in [0.25, 0.3) is 0 Å². The third-order valence-corrected chi connectivity index (χ3v) is 2.34. The molecule has 1 amide bonds. The molecule has 5 heteroatoms. The van der Waals surface area contributed by atoms with Crippen molar-refractivity contribution < 1.29 is 14.3 Å². The summed E-state index contributed by atoms with van der Waals surface area (Å²) in [5.41, 5.74) is 0.532. The van der Waals surface area contributed by atoms with Crippen molar-refractivity contribution in [2.24, 2.45) is 0 Å². The number of aromatic nitrogens is 1. The van der Waals surface area contributed by atoms with Gasteiger partial charge < -0.3 is 14.8 Å². The van der Waals surface area contributed by atoms with Gasteiger partial charge in [-0.2, -0.15) is 0 Å². The summed E-state index contributed by atoms with van der Waals surface area (Å²) >= 11 is 0. The van der Waals surface area contributed by atoms with Gasteiger partial charge in [-0.3, -0.25) is 0 Å². The highest BCUT2D eigenvalue weighted by atomic mass is 16.6. The molecule has 116 valence electrons. The molecular weight excluding hydrogens is 268 g/mol. The van der Waals surface area contributed by atoms with Gasteiger partial charge in [-0.25, -0.2) is 9.78 Å². The van der Waals surface area contributed by atoms with E-state index in [2.05, 4.69) is 10.3 Å². The van der Waals surface area contributed by atoms with Gasteiger partial charge in [0.15, 0.2) is 0 Å². The fourth-order valence-electron chi connectivity index (χ4n) is 1.51. The number of amides is 1. The lowest BCUT2D eigenvalue weighted by molar-refractivity contribution is 0.0529. The van der Waals surface area contributed by atoms with Crippen LogP contribution in [0.3, 0.4) is 0 Å². The van der Waals surface area contributed by atoms with E-state index in [4.69, 9.17) is 9.47 Å². The minimum absolute atomic E-state index is 0.390. The third-order valence-electron chi connectivity index (χ3n) is 2.34. The first-order valence-electron chi connectivity index (χ1n) is 7.13. The van der Waals surface area contributed by atoms with Crippen LogP contribution in [0, 0.1) is 0 Å². The van der Waals surface area contributed by atoms with E-state index in [1.54, 1.807) is 6.20 Å². The second-order valence-electron chi connectivity index (χ2n) is 5.48. The van der Waals surface area contributed by atoms with E-state index in [-0.39, 0.29) is 0 Å². The predicted octanol–water partition coefficient (Wildman–Crippen LogP) is 3.41. The zero-order valence-corrected chi connectivity index (χ0v) is 13.2. The predicted molar refractivity (Wildman–Crippen MR) is 83.3 cm³/mol. The molecule has 1 rings (SSSR count). The lowest BCUT2D eigenvalue weighted by Gasteiger charge is -2.19. The maximum Gasteiger partial charge on any atom is 0.407 e. The quantitative estimate of drug-likeness (QED) is 0.816. The molecule has 0 spiro atoms. The van der Waals surface area contributed by atoms with Crippen molar-refractivity contribution in [2.45, 2.75) is 39.7 Å². The van der Waals surface area contributed by atoms with E-state index in [9.17, 15) is 4.79 Å². The Labute approximate surface area is 126 Å². The lowest BCUT2D eigenvalue weighted by atomic mass is 10.2. The Morgan fingerprint density at radius 3 is 2.71 bits per heavy atom. The Morgan fingerprint density at radius 2 is 2.14 bits per heavy atom. The number of pyridine rings is 1. The van der Waals surface area contributed by atoms with E-state index < -0.39 is 11.7 Å². The van der Waals surface area contributed by atoms with Gasteiger partial charge in [0, 0.05) is 18.8 Å². The molecule has 0 aliphatic rings. The first-order valence-corrected chi connectivity index (χ1v) is 7.13. The molecule has 0 saturated heterocycles. The first kappa shape index (κ1) is 17.0. The summed E-state index contributed by atoms with van der Waals surface area (Å²) in [7, 11) is 0. The zero-order chi connectivity index (χ0) is 15.7. The van der Waals surface area contributed by atoms with Crippen LogP contribution in [0.1, 0.15) is 39.7 Å². The highest BCUT2D eigenvalue weighted by Gasteiger charge is 2.15. The molecule has 0 bridgehead atoms. The topological polar surface area (TPSA) is 60.5 Å². The highest BCUT2D eigenvalue weighted by Crippen LogP contribution is 2.09. The van der Waals surface area contributed by atoms with Crippen LogP contribution in [0.5, 0.6) is 5.88 Å². The second kappa shape index (κ2) is 8.29. The largest absolute Gasteiger partial charge is 0.478 e. The number of carbonyl (C=O) groups is 1. The molecule has 1 aromatic heterocycles. The van der Waals surface area contributed by atoms with Gasteiger partial charge in [0.05, 0.1) is 6.61 Å². The molecule has 0 atom stereocenters. The summed E-state index contributed by atoms with van der Waals surface area (Å²) in [5, 5.41) is 2.70. The molecule has 21 heavy (non-hydrogen) atoms. The van der Waals surface area contributed by atoms with Crippen molar-refractivity contribution in [1.82, 2.24) is 10.3 Å². The van der Waals surface area contributed by atoms with Crippen LogP contribution in [-0.2, 0) is 4.74 Å². The molecule has 1 heterocycles. The molecular formula is C16H24N2O3. The molecule has 0 saturated carbocycles. The summed E-state index contributed by atoms with van der Waals surface area (Å²) in [4.78, 5) is 15.6. The van der Waals surface area contributed by atoms with Crippen LogP contribution in [0.15, 0.2) is 24.4 Å². The first-order chi connectivity index (χ1) is 9.90. The maximum atomic E-state index is 11.4. The molecule has 0 unspecified atom stereocenters. The molecule has 0 aliphatic heterocycles. The lowest BCUT2D eigenvalue weighted by Crippen LogP contribution is -2.32. The summed E-state index contributed by atoms with van der Waals surface area (Å²) < 4.78 is 10.4. The van der Waals surface area contributed by atoms with Gasteiger partial charge >= 0.3 is 6.09 Å². The average molecular weight is 292 g/mol. The van der Waals surface area contributed by atoms with Crippen molar-refractivity contribution in [3.63, 3.8) is 0 Å². The van der Waals surface area contributed by atoms with Crippen molar-refractivity contribution >= 4 is 12.2 Å². The van der Waals surface area contributed by atoms with Gasteiger partial charge in [-0.05, 0) is 45.7 Å². The number of rotatable bonds is 6. The van der Waals surface area contributed by atoms with Crippen LogP contribution < -0.4 is 10.1 Å². The van der Waals surface area contributed by atoms with E-state index in [1.807, 2.05) is 52.0 Å². The van der Waals surface area contributed by atoms with Crippen LogP contribution in [-0.4, -0.2) is 29.8 Å². The molecule has 5 nitrogen and oxygen atoms in total. The van der Waals surface area contributed by atoms with Gasteiger partial charge in [-0.1, -0.05) is 12.2 Å². The van der Waals surface area contributed by atoms with Gasteiger partial charge in [-0.15, -0.1) is 0 Å². The number of hydrogen-bond acceptors (Lipinski definition) is 4. The third kappa shape index (κ3) is 7.97. The Morgan fingerprint density at radius 1 is 1.38 bits per heavy atom. The fourth-order valence-corrected chi connectivity index (χ4v) is 1.51. The average Bonchev–Trinajstić information content (AvgIpc) is 2.38. The van der Waals surface area contributed by atoms with Gasteiger partial charge in [0.1, 0.15) is 5.60 Å². The van der Waals surface area contributed by atoms with Gasteiger partial charge in [0.2, 0.25) is 5.88 Å². The Balaban J connectivity index is 2.27. The zero-order valence-electron chi connectivity index (χ0n) is 13.2. The van der Waals surface area contributed by atoms with Crippen LogP contribution in [0.2, 0.25) is 0 Å². The monoisotopic (exact) mass is 292 g/mol. The Kier molecular flexibility index (Phi) is 6.72. The van der Waals surface area contributed by atoms with E-state index >= 15 is 0 Å². The minimum Gasteiger partial charge on any atom is -0.478 e. The van der Waals surface area contributed by atoms with Crippen molar-refractivity contribution in [2.75, 3.05) is 13.2 Å². The van der Waals surface area contributed by atoms with Crippen molar-refractivity contribution in [1.29, 1.82) is 0 Å². The SMILES string of the molecule is CCOc1ccc(C=CCCNC(=O)OC(C)(C)C)cn1. The smallest absolute Gasteiger partial charge is 0.407 e. The summed E-state index contributed by atoms with van der Waals surface area (Å²) in [6.45, 7) is 8.59. The standard InChI is InChI=1S/C16H24N2O3/c1-5-20-14-10-9-13(12-18-14)8-6-7-11-17-15(19)21-16(2,3)4/h6,8-10,12H,5,7,11H2,1-4H3,(H,17,19). The number of hydrogen-bond donors (Lipinski definition) is 1. The second-order valence-corrected chi connectivity index (χ2v) is 5.48. The number of nitrogens with zero attached hydrogens (tertiary/aromatic N) is 1. The molecule has 0 fully saturated rings. The number of carbonyl (C=O) groups excluding carboxylic acids is 1. The Hall–Kier alpha value is -2.04. The van der Waals surface area contributed by atoms with Crippen molar-refractivity contribution in [3.8, 4) is 5.88 Å². The summed E-state index contributed by atoms with van der Waals surface area (Å²) in [6.07, 6.45) is 6.03. The van der Waals surface area contributed by atoms with E-state index in [0.29, 0.717) is 19.0 Å². The molecule has 0 radical (unpaired) electrons. The van der Waals surface area contributed by atoms with E-state index in [1.165, 1.54) is 0 Å². The fraction of sp³-hybridized carbons (Fsp3) is 0.500. The normalized spacial score (nSPS) is 11.4. The number of nitrogens with one attached hydrogen (secondary N) is 1. The number of ether oxygens (including phenoxy) is 2. The van der Waals surface area contributed by atoms with Crippen LogP contribution >= 0.6 is 0 Å². The summed E-state index contributed by atoms with van der Waals surface area (Å²) in [6, 6.07) is 3.78. The van der Waals surface area contributed by atoms with Crippen molar-refractivity contribution in [3.05, 3.63) is 30.0 Å². The number of alkyl carbamates (subject to hydrolysis) is 1. The molecule has 1 aromatic rings. The molecule has 1 N–H and O–H groups in total. The van der Waals surface area contributed by atoms with Crippen LogP contribution in [0.25, 0.3) is 6.08 Å². The molecule has 0 aromatic carbocycles. The highest BCUT2D eigenvalue weighted by molar-refractivity contribution is 5.67. The summed E-state index contributed by atoms with van der Waals surface area (Å²) in [5.74, 6) is 0.626. The van der Waals surface area contributed by atoms with Crippen LogP contribution in [0.4, 0.5) is 4.79 Å². The molecule has 0 aliphatic carbocycles. The van der Waals surface area contributed by atoms with E-state index in [0.717, 1.165) is 12.0 Å². The Bertz CT molecular complexity index is 461.